The number of ether oxygens (including phenoxy) is 2. The minimum absolute atomic E-state index is 0.0200. The van der Waals surface area contributed by atoms with Crippen molar-refractivity contribution in [1.29, 1.82) is 0 Å². The lowest BCUT2D eigenvalue weighted by atomic mass is 9.98. The van der Waals surface area contributed by atoms with E-state index in [2.05, 4.69) is 10.6 Å². The predicted octanol–water partition coefficient (Wildman–Crippen LogP) is 2.88. The summed E-state index contributed by atoms with van der Waals surface area (Å²) < 4.78 is 10.3. The van der Waals surface area contributed by atoms with Gasteiger partial charge in [-0.3, -0.25) is 14.4 Å². The number of rotatable bonds is 14. The zero-order valence-corrected chi connectivity index (χ0v) is 24.4. The Morgan fingerprint density at radius 2 is 1.74 bits per heavy atom. The van der Waals surface area contributed by atoms with E-state index < -0.39 is 48.2 Å². The van der Waals surface area contributed by atoms with Crippen LogP contribution >= 0.6 is 11.8 Å². The van der Waals surface area contributed by atoms with Crippen molar-refractivity contribution < 1.29 is 33.8 Å². The van der Waals surface area contributed by atoms with E-state index in [1.807, 2.05) is 26.2 Å². The molecule has 2 atom stereocenters. The van der Waals surface area contributed by atoms with Crippen molar-refractivity contribution in [3.63, 3.8) is 0 Å². The molecule has 0 spiro atoms. The third kappa shape index (κ3) is 11.7. The van der Waals surface area contributed by atoms with E-state index in [4.69, 9.17) is 9.47 Å². The molecule has 3 amide bonds. The Kier molecular flexibility index (Phi) is 14.2. The van der Waals surface area contributed by atoms with Crippen LogP contribution in [0.3, 0.4) is 0 Å². The van der Waals surface area contributed by atoms with Gasteiger partial charge in [0.1, 0.15) is 17.7 Å². The molecule has 0 aromatic heterocycles. The number of alkyl carbamates (subject to hydrolysis) is 1. The highest BCUT2D eigenvalue weighted by Crippen LogP contribution is 2.25. The topological polar surface area (TPSA) is 134 Å². The fourth-order valence-electron chi connectivity index (χ4n) is 3.88. The second-order valence-corrected chi connectivity index (χ2v) is 10.9. The van der Waals surface area contributed by atoms with Gasteiger partial charge in [0.25, 0.3) is 0 Å². The highest BCUT2D eigenvalue weighted by Gasteiger charge is 2.36. The van der Waals surface area contributed by atoms with E-state index >= 15 is 0 Å². The van der Waals surface area contributed by atoms with Crippen LogP contribution in [0.2, 0.25) is 0 Å². The number of carbonyl (C=O) groups is 4. The summed E-state index contributed by atoms with van der Waals surface area (Å²) in [5.41, 5.74) is 1.58. The van der Waals surface area contributed by atoms with Gasteiger partial charge in [-0.1, -0.05) is 29.3 Å². The number of hydrogen-bond donors (Lipinski definition) is 3. The number of carbonyl (C=O) groups excluding carboxylic acids is 4. The third-order valence-electron chi connectivity index (χ3n) is 5.28. The van der Waals surface area contributed by atoms with Crippen LogP contribution in [0.4, 0.5) is 4.79 Å². The van der Waals surface area contributed by atoms with Gasteiger partial charge in [0.2, 0.25) is 11.8 Å². The maximum atomic E-state index is 13.9. The van der Waals surface area contributed by atoms with Crippen molar-refractivity contribution >= 4 is 35.6 Å². The number of thioether (sulfide) groups is 1. The van der Waals surface area contributed by atoms with Gasteiger partial charge in [-0.25, -0.2) is 4.79 Å². The first-order valence-electron chi connectivity index (χ1n) is 12.7. The summed E-state index contributed by atoms with van der Waals surface area (Å²) in [5.74, 6) is -0.914. The first kappa shape index (κ1) is 33.2. The van der Waals surface area contributed by atoms with Crippen molar-refractivity contribution in [3.05, 3.63) is 34.9 Å². The first-order chi connectivity index (χ1) is 17.8. The summed E-state index contributed by atoms with van der Waals surface area (Å²) in [6.45, 7) is 10.3. The van der Waals surface area contributed by atoms with E-state index in [1.165, 1.54) is 16.7 Å². The highest BCUT2D eigenvalue weighted by atomic mass is 32.2. The lowest BCUT2D eigenvalue weighted by Crippen LogP contribution is -2.54. The fourth-order valence-corrected chi connectivity index (χ4v) is 4.35. The molecule has 0 bridgehead atoms. The van der Waals surface area contributed by atoms with E-state index in [0.717, 1.165) is 11.1 Å². The summed E-state index contributed by atoms with van der Waals surface area (Å²) in [6.07, 6.45) is 1.41. The van der Waals surface area contributed by atoms with Gasteiger partial charge in [-0.2, -0.15) is 11.8 Å². The minimum Gasteiger partial charge on any atom is -0.466 e. The molecule has 1 rings (SSSR count). The van der Waals surface area contributed by atoms with E-state index in [0.29, 0.717) is 17.7 Å². The zero-order valence-electron chi connectivity index (χ0n) is 23.6. The maximum absolute atomic E-state index is 13.9. The van der Waals surface area contributed by atoms with E-state index in [9.17, 15) is 24.3 Å². The molecule has 0 aliphatic carbocycles. The number of hydrogen-bond acceptors (Lipinski definition) is 8. The third-order valence-corrected chi connectivity index (χ3v) is 5.92. The molecule has 0 saturated carbocycles. The molecule has 0 radical (unpaired) electrons. The number of aliphatic hydroxyl groups excluding tert-OH is 1. The van der Waals surface area contributed by atoms with Crippen molar-refractivity contribution in [2.24, 2.45) is 0 Å². The summed E-state index contributed by atoms with van der Waals surface area (Å²) in [7, 11) is 0. The lowest BCUT2D eigenvalue weighted by Gasteiger charge is -2.34. The van der Waals surface area contributed by atoms with Gasteiger partial charge in [-0.15, -0.1) is 0 Å². The Morgan fingerprint density at radius 1 is 1.11 bits per heavy atom. The molecule has 1 aromatic rings. The van der Waals surface area contributed by atoms with Gasteiger partial charge in [0.05, 0.1) is 19.6 Å². The average molecular weight is 554 g/mol. The predicted molar refractivity (Wildman–Crippen MR) is 148 cm³/mol. The van der Waals surface area contributed by atoms with Crippen LogP contribution in [0.5, 0.6) is 0 Å². The molecule has 0 aliphatic heterocycles. The summed E-state index contributed by atoms with van der Waals surface area (Å²) >= 11 is 1.51. The smallest absolute Gasteiger partial charge is 0.408 e. The quantitative estimate of drug-likeness (QED) is 0.300. The molecule has 0 heterocycles. The maximum Gasteiger partial charge on any atom is 0.408 e. The van der Waals surface area contributed by atoms with Gasteiger partial charge in [-0.05, 0) is 65.5 Å². The molecule has 214 valence electrons. The Balaban J connectivity index is 3.39. The molecule has 0 aliphatic rings. The number of aliphatic hydroxyl groups is 1. The van der Waals surface area contributed by atoms with Crippen molar-refractivity contribution in [1.82, 2.24) is 15.5 Å². The van der Waals surface area contributed by atoms with Gasteiger partial charge < -0.3 is 30.1 Å². The average Bonchev–Trinajstić information content (AvgIpc) is 2.79. The van der Waals surface area contributed by atoms with Crippen LogP contribution in [0.1, 0.15) is 63.3 Å². The second kappa shape index (κ2) is 16.2. The number of nitrogens with zero attached hydrogens (tertiary/aromatic N) is 1. The molecule has 2 unspecified atom stereocenters. The van der Waals surface area contributed by atoms with Crippen LogP contribution in [0.15, 0.2) is 18.2 Å². The zero-order chi connectivity index (χ0) is 28.9. The number of esters is 1. The van der Waals surface area contributed by atoms with Crippen LogP contribution in [-0.4, -0.2) is 83.8 Å². The van der Waals surface area contributed by atoms with Gasteiger partial charge >= 0.3 is 12.1 Å². The van der Waals surface area contributed by atoms with Crippen molar-refractivity contribution in [3.8, 4) is 0 Å². The molecular formula is C27H43N3O7S. The molecule has 10 nitrogen and oxygen atoms in total. The molecule has 11 heteroatoms. The second-order valence-electron chi connectivity index (χ2n) is 9.91. The van der Waals surface area contributed by atoms with Crippen LogP contribution in [0, 0.1) is 13.8 Å². The lowest BCUT2D eigenvalue weighted by molar-refractivity contribution is -0.144. The van der Waals surface area contributed by atoms with Crippen LogP contribution in [0.25, 0.3) is 0 Å². The molecule has 3 N–H and O–H groups in total. The normalized spacial score (nSPS) is 12.7. The SMILES string of the molecule is CCOC(=O)CCNC(=O)C(c1cc(C)cc(C)c1)N(CCO)C(=O)C(CCSC)NC(=O)OC(C)(C)C. The molecule has 1 aromatic carbocycles. The largest absolute Gasteiger partial charge is 0.466 e. The fraction of sp³-hybridized carbons (Fsp3) is 0.630. The minimum atomic E-state index is -1.10. The van der Waals surface area contributed by atoms with Crippen LogP contribution < -0.4 is 10.6 Å². The number of benzene rings is 1. The van der Waals surface area contributed by atoms with E-state index in [1.54, 1.807) is 39.8 Å². The summed E-state index contributed by atoms with van der Waals surface area (Å²) in [6, 6.07) is 3.47. The standard InChI is InChI=1S/C27H43N3O7S/c1-8-36-22(32)9-11-28-24(33)23(20-16-18(2)15-19(3)17-20)30(12-13-31)25(34)21(10-14-38-7)29-26(35)37-27(4,5)6/h15-17,21,23,31H,8-14H2,1-7H3,(H,28,33)(H,29,35). The highest BCUT2D eigenvalue weighted by molar-refractivity contribution is 7.98. The Labute approximate surface area is 230 Å². The Hall–Kier alpha value is -2.79. The van der Waals surface area contributed by atoms with E-state index in [-0.39, 0.29) is 26.1 Å². The number of amides is 3. The van der Waals surface area contributed by atoms with Crippen molar-refractivity contribution in [2.45, 2.75) is 72.1 Å². The number of nitrogens with one attached hydrogen (secondary N) is 2. The summed E-state index contributed by atoms with van der Waals surface area (Å²) in [5, 5.41) is 15.2. The molecule has 0 saturated heterocycles. The van der Waals surface area contributed by atoms with Crippen molar-refractivity contribution in [2.75, 3.05) is 38.3 Å². The molecule has 38 heavy (non-hydrogen) atoms. The Bertz CT molecular complexity index is 929. The Morgan fingerprint density at radius 3 is 2.26 bits per heavy atom. The van der Waals surface area contributed by atoms with Gasteiger partial charge in [0.15, 0.2) is 0 Å². The summed E-state index contributed by atoms with van der Waals surface area (Å²) in [4.78, 5) is 53.0. The monoisotopic (exact) mass is 553 g/mol. The van der Waals surface area contributed by atoms with Gasteiger partial charge in [0, 0.05) is 13.1 Å². The number of aryl methyl sites for hydroxylation is 2. The molecule has 0 fully saturated rings. The first-order valence-corrected chi connectivity index (χ1v) is 14.1. The van der Waals surface area contributed by atoms with Crippen LogP contribution in [-0.2, 0) is 23.9 Å². The molecular weight excluding hydrogens is 510 g/mol.